The molecule has 0 aliphatic carbocycles. The fourth-order valence-corrected chi connectivity index (χ4v) is 4.15. The number of Topliss-reactive ketones (excluding diaryl/α,β-unsaturated/α-hetero) is 1. The number of rotatable bonds is 10. The molecule has 11 heteroatoms. The summed E-state index contributed by atoms with van der Waals surface area (Å²) in [5.74, 6) is -4.24. The van der Waals surface area contributed by atoms with Crippen molar-refractivity contribution in [2.45, 2.75) is 52.1 Å². The molecule has 35 heavy (non-hydrogen) atoms. The maximum atomic E-state index is 13.1. The molecular weight excluding hydrogens is 495 g/mol. The molecule has 0 saturated carbocycles. The highest BCUT2D eigenvalue weighted by Crippen LogP contribution is 2.23. The summed E-state index contributed by atoms with van der Waals surface area (Å²) in [7, 11) is 0. The summed E-state index contributed by atoms with van der Waals surface area (Å²) < 4.78 is 0. The molecule has 1 aromatic carbocycles. The first-order chi connectivity index (χ1) is 16.3. The van der Waals surface area contributed by atoms with Gasteiger partial charge in [-0.15, -0.1) is 0 Å². The van der Waals surface area contributed by atoms with Gasteiger partial charge in [0.25, 0.3) is 5.91 Å². The van der Waals surface area contributed by atoms with Gasteiger partial charge in [0.1, 0.15) is 6.04 Å². The van der Waals surface area contributed by atoms with Crippen LogP contribution in [0, 0.1) is 11.3 Å². The molecule has 1 aliphatic rings. The predicted molar refractivity (Wildman–Crippen MR) is 133 cm³/mol. The van der Waals surface area contributed by atoms with E-state index in [1.165, 1.54) is 18.2 Å². The minimum absolute atomic E-state index is 0.0650. The first-order valence-corrected chi connectivity index (χ1v) is 11.9. The van der Waals surface area contributed by atoms with E-state index in [-0.39, 0.29) is 24.2 Å². The minimum atomic E-state index is -1.28. The maximum Gasteiger partial charge on any atom is 0.287 e. The summed E-state index contributed by atoms with van der Waals surface area (Å²) in [6, 6.07) is 2.51. The van der Waals surface area contributed by atoms with E-state index >= 15 is 0 Å². The van der Waals surface area contributed by atoms with Gasteiger partial charge >= 0.3 is 0 Å². The zero-order chi connectivity index (χ0) is 26.3. The molecule has 3 atom stereocenters. The standard InChI is InChI=1S/C24H30Cl2N4O5/c1-24(2,3)12-18(29-19(31)7-5-13-4-6-15(25)11-16(13)26)23(35)30-17(20(32)21(27)33)10-14-8-9-28-22(14)34/h4-7,11,14,17-18H,8-10,12H2,1-3H3,(H2,27,33)(H,28,34)(H,29,31)(H,30,35)/b7-5+/t14-,17?,18-/m0/s1. The molecule has 0 bridgehead atoms. The molecule has 0 radical (unpaired) electrons. The molecule has 2 rings (SSSR count). The van der Waals surface area contributed by atoms with Crippen molar-refractivity contribution in [1.82, 2.24) is 16.0 Å². The first-order valence-electron chi connectivity index (χ1n) is 11.1. The molecule has 9 nitrogen and oxygen atoms in total. The van der Waals surface area contributed by atoms with Crippen LogP contribution in [0.4, 0.5) is 0 Å². The summed E-state index contributed by atoms with van der Waals surface area (Å²) in [6.07, 6.45) is 3.36. The van der Waals surface area contributed by atoms with Crippen LogP contribution in [0.15, 0.2) is 24.3 Å². The molecule has 1 heterocycles. The topological polar surface area (TPSA) is 147 Å². The van der Waals surface area contributed by atoms with Crippen LogP contribution in [-0.2, 0) is 24.0 Å². The van der Waals surface area contributed by atoms with Crippen molar-refractivity contribution < 1.29 is 24.0 Å². The number of amides is 4. The Kier molecular flexibility index (Phi) is 9.85. The third kappa shape index (κ3) is 8.99. The van der Waals surface area contributed by atoms with Gasteiger partial charge in [0, 0.05) is 28.6 Å². The van der Waals surface area contributed by atoms with Crippen LogP contribution in [0.5, 0.6) is 0 Å². The fourth-order valence-electron chi connectivity index (χ4n) is 3.67. The third-order valence-electron chi connectivity index (χ3n) is 5.39. The summed E-state index contributed by atoms with van der Waals surface area (Å²) >= 11 is 12.0. The lowest BCUT2D eigenvalue weighted by atomic mass is 9.87. The van der Waals surface area contributed by atoms with Gasteiger partial charge in [-0.1, -0.05) is 50.0 Å². The normalized spacial score (nSPS) is 17.5. The van der Waals surface area contributed by atoms with E-state index in [0.717, 1.165) is 0 Å². The van der Waals surface area contributed by atoms with E-state index in [4.69, 9.17) is 28.9 Å². The second kappa shape index (κ2) is 12.2. The van der Waals surface area contributed by atoms with Crippen LogP contribution in [-0.4, -0.2) is 48.0 Å². The molecule has 1 saturated heterocycles. The zero-order valence-electron chi connectivity index (χ0n) is 19.8. The average molecular weight is 525 g/mol. The van der Waals surface area contributed by atoms with Crippen LogP contribution in [0.25, 0.3) is 6.08 Å². The average Bonchev–Trinajstić information content (AvgIpc) is 3.14. The summed E-state index contributed by atoms with van der Waals surface area (Å²) in [5, 5.41) is 8.61. The largest absolute Gasteiger partial charge is 0.363 e. The molecule has 1 aromatic rings. The molecule has 0 aromatic heterocycles. The third-order valence-corrected chi connectivity index (χ3v) is 5.95. The van der Waals surface area contributed by atoms with Gasteiger partial charge in [0.15, 0.2) is 0 Å². The maximum absolute atomic E-state index is 13.1. The Morgan fingerprint density at radius 1 is 1.17 bits per heavy atom. The van der Waals surface area contributed by atoms with Gasteiger partial charge in [-0.2, -0.15) is 0 Å². The van der Waals surface area contributed by atoms with Crippen LogP contribution >= 0.6 is 23.2 Å². The Bertz CT molecular complexity index is 1040. The molecule has 1 unspecified atom stereocenters. The Hall–Kier alpha value is -2.91. The molecule has 4 amide bonds. The molecule has 1 fully saturated rings. The van der Waals surface area contributed by atoms with E-state index in [9.17, 15) is 24.0 Å². The zero-order valence-corrected chi connectivity index (χ0v) is 21.3. The number of halogens is 2. The number of carbonyl (C=O) groups is 5. The Morgan fingerprint density at radius 3 is 2.40 bits per heavy atom. The number of ketones is 1. The number of hydrogen-bond acceptors (Lipinski definition) is 5. The van der Waals surface area contributed by atoms with Crippen LogP contribution in [0.2, 0.25) is 10.0 Å². The minimum Gasteiger partial charge on any atom is -0.363 e. The van der Waals surface area contributed by atoms with Crippen molar-refractivity contribution in [3.63, 3.8) is 0 Å². The number of nitrogens with two attached hydrogens (primary N) is 1. The van der Waals surface area contributed by atoms with Crippen molar-refractivity contribution >= 4 is 58.7 Å². The number of carbonyl (C=O) groups excluding carboxylic acids is 5. The van der Waals surface area contributed by atoms with Crippen molar-refractivity contribution in [3.05, 3.63) is 39.9 Å². The van der Waals surface area contributed by atoms with E-state index < -0.39 is 41.5 Å². The molecule has 0 spiro atoms. The van der Waals surface area contributed by atoms with Gasteiger partial charge in [-0.25, -0.2) is 0 Å². The predicted octanol–water partition coefficient (Wildman–Crippen LogP) is 1.99. The summed E-state index contributed by atoms with van der Waals surface area (Å²) in [5.41, 5.74) is 5.35. The van der Waals surface area contributed by atoms with E-state index in [1.54, 1.807) is 12.1 Å². The summed E-state index contributed by atoms with van der Waals surface area (Å²) in [4.78, 5) is 61.6. The van der Waals surface area contributed by atoms with Gasteiger partial charge in [-0.05, 0) is 48.4 Å². The van der Waals surface area contributed by atoms with Crippen molar-refractivity contribution in [1.29, 1.82) is 0 Å². The van der Waals surface area contributed by atoms with E-state index in [0.29, 0.717) is 28.6 Å². The van der Waals surface area contributed by atoms with Crippen LogP contribution in [0.3, 0.4) is 0 Å². The van der Waals surface area contributed by atoms with E-state index in [1.807, 2.05) is 20.8 Å². The second-order valence-electron chi connectivity index (χ2n) is 9.63. The van der Waals surface area contributed by atoms with Gasteiger partial charge in [0.2, 0.25) is 23.5 Å². The highest BCUT2D eigenvalue weighted by Gasteiger charge is 2.35. The van der Waals surface area contributed by atoms with Crippen molar-refractivity contribution in [2.24, 2.45) is 17.1 Å². The van der Waals surface area contributed by atoms with Gasteiger partial charge in [-0.3, -0.25) is 24.0 Å². The fraction of sp³-hybridized carbons (Fsp3) is 0.458. The number of primary amides is 1. The monoisotopic (exact) mass is 524 g/mol. The van der Waals surface area contributed by atoms with Crippen molar-refractivity contribution in [2.75, 3.05) is 6.54 Å². The molecular formula is C24H30Cl2N4O5. The molecule has 190 valence electrons. The Balaban J connectivity index is 2.17. The Morgan fingerprint density at radius 2 is 1.86 bits per heavy atom. The summed E-state index contributed by atoms with van der Waals surface area (Å²) in [6.45, 7) is 6.11. The van der Waals surface area contributed by atoms with Crippen molar-refractivity contribution in [3.8, 4) is 0 Å². The SMILES string of the molecule is CC(C)(C)C[C@H](NC(=O)/C=C/c1ccc(Cl)cc1Cl)C(=O)NC(C[C@@H]1CCNC1=O)C(=O)C(N)=O. The lowest BCUT2D eigenvalue weighted by Gasteiger charge is -2.27. The lowest BCUT2D eigenvalue weighted by Crippen LogP contribution is -2.54. The van der Waals surface area contributed by atoms with Crippen LogP contribution in [0.1, 0.15) is 45.6 Å². The lowest BCUT2D eigenvalue weighted by molar-refractivity contribution is -0.139. The molecule has 1 aliphatic heterocycles. The highest BCUT2D eigenvalue weighted by atomic mass is 35.5. The first kappa shape index (κ1) is 28.3. The Labute approximate surface area is 214 Å². The highest BCUT2D eigenvalue weighted by molar-refractivity contribution is 6.38. The number of hydrogen-bond donors (Lipinski definition) is 4. The number of benzene rings is 1. The van der Waals surface area contributed by atoms with Gasteiger partial charge in [0.05, 0.1) is 6.04 Å². The quantitative estimate of drug-likeness (QED) is 0.273. The smallest absolute Gasteiger partial charge is 0.287 e. The van der Waals surface area contributed by atoms with Gasteiger partial charge < -0.3 is 21.7 Å². The van der Waals surface area contributed by atoms with E-state index in [2.05, 4.69) is 16.0 Å². The second-order valence-corrected chi connectivity index (χ2v) is 10.5. The molecule has 5 N–H and O–H groups in total. The van der Waals surface area contributed by atoms with Crippen LogP contribution < -0.4 is 21.7 Å². The number of nitrogens with one attached hydrogen (secondary N) is 3.